The fraction of sp³-hybridized carbons (Fsp3) is 0.0385. The minimum Gasteiger partial charge on any atom is -0.497 e. The lowest BCUT2D eigenvalue weighted by Gasteiger charge is -2.12. The third-order valence-electron chi connectivity index (χ3n) is 5.23. The van der Waals surface area contributed by atoms with Crippen molar-refractivity contribution in [1.29, 1.82) is 0 Å². The first-order valence-corrected chi connectivity index (χ1v) is 9.40. The molecule has 0 unspecified atom stereocenters. The average Bonchev–Trinajstić information content (AvgIpc) is 3.12. The van der Waals surface area contributed by atoms with Crippen LogP contribution in [0.5, 0.6) is 5.75 Å². The molecule has 0 radical (unpaired) electrons. The Labute approximate surface area is 169 Å². The minimum atomic E-state index is 0.747. The maximum Gasteiger partial charge on any atom is 0.120 e. The monoisotopic (exact) mass is 374 g/mol. The van der Waals surface area contributed by atoms with E-state index in [0.717, 1.165) is 39.3 Å². The lowest BCUT2D eigenvalue weighted by molar-refractivity contribution is 0.414. The van der Waals surface area contributed by atoms with Gasteiger partial charge in [0.25, 0.3) is 0 Å². The first-order chi connectivity index (χ1) is 14.3. The van der Waals surface area contributed by atoms with Gasteiger partial charge in [0, 0.05) is 22.5 Å². The molecule has 0 saturated heterocycles. The molecule has 0 amide bonds. The molecule has 0 saturated carbocycles. The van der Waals surface area contributed by atoms with Crippen molar-refractivity contribution in [2.24, 2.45) is 0 Å². The van der Waals surface area contributed by atoms with Gasteiger partial charge in [0.2, 0.25) is 0 Å². The van der Waals surface area contributed by atoms with Crippen LogP contribution in [0.25, 0.3) is 38.8 Å². The third kappa shape index (κ3) is 2.74. The van der Waals surface area contributed by atoms with E-state index in [1.165, 1.54) is 10.8 Å². The van der Waals surface area contributed by atoms with Crippen molar-refractivity contribution in [2.75, 3.05) is 7.11 Å². The smallest absolute Gasteiger partial charge is 0.120 e. The minimum absolute atomic E-state index is 0.747. The number of para-hydroxylation sites is 1. The Hall–Kier alpha value is -4.03. The zero-order valence-electron chi connectivity index (χ0n) is 16.0. The highest BCUT2D eigenvalue weighted by atomic mass is 16.5. The number of nitrogens with zero attached hydrogens (tertiary/aromatic N) is 2. The molecule has 3 nitrogen and oxygen atoms in total. The van der Waals surface area contributed by atoms with Gasteiger partial charge < -0.3 is 9.30 Å². The SMILES string of the molecule is C#Cc1cc(OC)ccc1-n1c2ccccc2c2ccc(-c3ccccn3)cc21. The second-order valence-electron chi connectivity index (χ2n) is 6.83. The third-order valence-corrected chi connectivity index (χ3v) is 5.23. The van der Waals surface area contributed by atoms with Crippen LogP contribution in [0.15, 0.2) is 85.1 Å². The van der Waals surface area contributed by atoms with Gasteiger partial charge in [-0.05, 0) is 42.5 Å². The maximum absolute atomic E-state index is 5.86. The van der Waals surface area contributed by atoms with Gasteiger partial charge in [-0.1, -0.05) is 42.3 Å². The van der Waals surface area contributed by atoms with Crippen molar-refractivity contribution in [2.45, 2.75) is 0 Å². The summed E-state index contributed by atoms with van der Waals surface area (Å²) in [6.07, 6.45) is 7.68. The fourth-order valence-electron chi connectivity index (χ4n) is 3.88. The van der Waals surface area contributed by atoms with Crippen molar-refractivity contribution in [3.8, 4) is 35.0 Å². The second-order valence-corrected chi connectivity index (χ2v) is 6.83. The molecule has 0 N–H and O–H groups in total. The predicted molar refractivity (Wildman–Crippen MR) is 118 cm³/mol. The van der Waals surface area contributed by atoms with E-state index in [1.807, 2.05) is 42.6 Å². The molecule has 2 aromatic heterocycles. The maximum atomic E-state index is 5.86. The van der Waals surface area contributed by atoms with Gasteiger partial charge >= 0.3 is 0 Å². The largest absolute Gasteiger partial charge is 0.497 e. The Morgan fingerprint density at radius 1 is 0.862 bits per heavy atom. The number of aromatic nitrogens is 2. The van der Waals surface area contributed by atoms with Crippen LogP contribution in [0.4, 0.5) is 0 Å². The van der Waals surface area contributed by atoms with Crippen LogP contribution >= 0.6 is 0 Å². The van der Waals surface area contributed by atoms with Crippen LogP contribution < -0.4 is 4.74 Å². The van der Waals surface area contributed by atoms with E-state index < -0.39 is 0 Å². The molecule has 138 valence electrons. The highest BCUT2D eigenvalue weighted by molar-refractivity contribution is 6.10. The van der Waals surface area contributed by atoms with E-state index in [9.17, 15) is 0 Å². The van der Waals surface area contributed by atoms with Crippen molar-refractivity contribution in [1.82, 2.24) is 9.55 Å². The lowest BCUT2D eigenvalue weighted by Crippen LogP contribution is -1.98. The average molecular weight is 374 g/mol. The Morgan fingerprint density at radius 3 is 2.48 bits per heavy atom. The molecule has 0 aliphatic rings. The van der Waals surface area contributed by atoms with Gasteiger partial charge in [-0.15, -0.1) is 6.42 Å². The highest BCUT2D eigenvalue weighted by Gasteiger charge is 2.15. The summed E-state index contributed by atoms with van der Waals surface area (Å²) < 4.78 is 7.60. The normalized spacial score (nSPS) is 10.9. The molecule has 5 rings (SSSR count). The van der Waals surface area contributed by atoms with Crippen molar-refractivity contribution < 1.29 is 4.74 Å². The van der Waals surface area contributed by atoms with Gasteiger partial charge in [-0.25, -0.2) is 0 Å². The number of benzene rings is 3. The summed E-state index contributed by atoms with van der Waals surface area (Å²) in [6.45, 7) is 0. The molecule has 0 aliphatic carbocycles. The molecule has 2 heterocycles. The summed E-state index contributed by atoms with van der Waals surface area (Å²) in [6, 6.07) is 26.7. The van der Waals surface area contributed by atoms with Crippen LogP contribution in [0.2, 0.25) is 0 Å². The number of methoxy groups -OCH3 is 1. The van der Waals surface area contributed by atoms with Gasteiger partial charge in [-0.3, -0.25) is 4.98 Å². The van der Waals surface area contributed by atoms with E-state index in [0.29, 0.717) is 0 Å². The molecule has 0 spiro atoms. The zero-order chi connectivity index (χ0) is 19.8. The molecule has 0 atom stereocenters. The lowest BCUT2D eigenvalue weighted by atomic mass is 10.1. The molecule has 5 aromatic rings. The van der Waals surface area contributed by atoms with Gasteiger partial charge in [-0.2, -0.15) is 0 Å². The molecule has 3 heteroatoms. The van der Waals surface area contributed by atoms with Crippen LogP contribution in [0.3, 0.4) is 0 Å². The summed E-state index contributed by atoms with van der Waals surface area (Å²) in [5.41, 5.74) is 5.96. The standard InChI is InChI=1S/C26H18N2O/c1-3-18-16-20(29-2)12-14-24(18)28-25-10-5-4-8-21(25)22-13-11-19(17-26(22)28)23-9-6-7-15-27-23/h1,4-17H,2H3. The predicted octanol–water partition coefficient (Wildman–Crippen LogP) is 5.84. The molecule has 3 aromatic carbocycles. The van der Waals surface area contributed by atoms with Crippen LogP contribution in [0, 0.1) is 12.3 Å². The van der Waals surface area contributed by atoms with E-state index >= 15 is 0 Å². The zero-order valence-corrected chi connectivity index (χ0v) is 16.0. The van der Waals surface area contributed by atoms with Crippen LogP contribution in [-0.4, -0.2) is 16.7 Å². The molecular weight excluding hydrogens is 356 g/mol. The Morgan fingerprint density at radius 2 is 1.69 bits per heavy atom. The number of hydrogen-bond donors (Lipinski definition) is 0. The number of hydrogen-bond acceptors (Lipinski definition) is 2. The van der Waals surface area contributed by atoms with E-state index in [2.05, 4.69) is 57.9 Å². The quantitative estimate of drug-likeness (QED) is 0.371. The summed E-state index contributed by atoms with van der Waals surface area (Å²) in [5.74, 6) is 3.57. The van der Waals surface area contributed by atoms with Gasteiger partial charge in [0.05, 0.1) is 35.1 Å². The number of pyridine rings is 1. The van der Waals surface area contributed by atoms with Crippen LogP contribution in [-0.2, 0) is 0 Å². The number of ether oxygens (including phenoxy) is 1. The Kier molecular flexibility index (Phi) is 4.04. The number of terminal acetylenes is 1. The number of rotatable bonds is 3. The molecule has 0 aliphatic heterocycles. The molecular formula is C26H18N2O. The Balaban J connectivity index is 1.87. The summed E-state index contributed by atoms with van der Waals surface area (Å²) in [7, 11) is 1.65. The van der Waals surface area contributed by atoms with Gasteiger partial charge in [0.1, 0.15) is 5.75 Å². The van der Waals surface area contributed by atoms with E-state index in [4.69, 9.17) is 11.2 Å². The summed E-state index contributed by atoms with van der Waals surface area (Å²) >= 11 is 0. The highest BCUT2D eigenvalue weighted by Crippen LogP contribution is 2.35. The summed E-state index contributed by atoms with van der Waals surface area (Å²) in [4.78, 5) is 4.51. The van der Waals surface area contributed by atoms with Gasteiger partial charge in [0.15, 0.2) is 0 Å². The fourth-order valence-corrected chi connectivity index (χ4v) is 3.88. The van der Waals surface area contributed by atoms with Crippen LogP contribution in [0.1, 0.15) is 5.56 Å². The topological polar surface area (TPSA) is 27.1 Å². The first kappa shape index (κ1) is 17.1. The van der Waals surface area contributed by atoms with E-state index in [-0.39, 0.29) is 0 Å². The first-order valence-electron chi connectivity index (χ1n) is 9.40. The van der Waals surface area contributed by atoms with E-state index in [1.54, 1.807) is 7.11 Å². The van der Waals surface area contributed by atoms with Crippen molar-refractivity contribution in [3.63, 3.8) is 0 Å². The second kappa shape index (κ2) is 6.85. The Bertz CT molecular complexity index is 1390. The molecule has 29 heavy (non-hydrogen) atoms. The molecule has 0 bridgehead atoms. The number of fused-ring (bicyclic) bond motifs is 3. The van der Waals surface area contributed by atoms with Crippen molar-refractivity contribution >= 4 is 21.8 Å². The summed E-state index contributed by atoms with van der Waals surface area (Å²) in [5, 5.41) is 2.37. The van der Waals surface area contributed by atoms with Crippen molar-refractivity contribution in [3.05, 3.63) is 90.6 Å². The molecule has 0 fully saturated rings.